The Morgan fingerprint density at radius 3 is 2.43 bits per heavy atom. The summed E-state index contributed by atoms with van der Waals surface area (Å²) in [4.78, 5) is 0. The molecule has 0 amide bonds. The molecule has 0 spiro atoms. The van der Waals surface area contributed by atoms with Crippen LogP contribution in [0.25, 0.3) is 6.08 Å². The second kappa shape index (κ2) is 10.5. The zero-order valence-corrected chi connectivity index (χ0v) is 17.8. The van der Waals surface area contributed by atoms with Crippen molar-refractivity contribution in [3.8, 4) is 11.8 Å². The molecule has 0 nitrogen and oxygen atoms in total. The van der Waals surface area contributed by atoms with E-state index in [9.17, 15) is 0 Å². The Morgan fingerprint density at radius 2 is 1.79 bits per heavy atom. The summed E-state index contributed by atoms with van der Waals surface area (Å²) >= 11 is 0. The Morgan fingerprint density at radius 1 is 1.00 bits per heavy atom. The maximum atomic E-state index is 3.73. The molecule has 0 N–H and O–H groups in total. The van der Waals surface area contributed by atoms with Gasteiger partial charge in [-0.1, -0.05) is 106 Å². The van der Waals surface area contributed by atoms with Gasteiger partial charge in [-0.2, -0.15) is 0 Å². The predicted molar refractivity (Wildman–Crippen MR) is 123 cm³/mol. The molecule has 1 unspecified atom stereocenters. The first-order valence-electron chi connectivity index (χ1n) is 11.4. The Bertz CT molecular complexity index is 741. The minimum absolute atomic E-state index is 0.0334. The molecule has 3 rings (SSSR count). The highest BCUT2D eigenvalue weighted by atomic mass is 14.4. The Hall–Kier alpha value is -2.00. The fourth-order valence-electron chi connectivity index (χ4n) is 4.76. The summed E-state index contributed by atoms with van der Waals surface area (Å²) in [5, 5.41) is 0. The van der Waals surface area contributed by atoms with Gasteiger partial charge in [0.2, 0.25) is 0 Å². The average Bonchev–Trinajstić information content (AvgIpc) is 2.75. The zero-order valence-electron chi connectivity index (χ0n) is 17.8. The summed E-state index contributed by atoms with van der Waals surface area (Å²) in [5.74, 6) is 8.90. The zero-order chi connectivity index (χ0) is 19.7. The molecule has 28 heavy (non-hydrogen) atoms. The Kier molecular flexibility index (Phi) is 7.79. The summed E-state index contributed by atoms with van der Waals surface area (Å²) in [5.41, 5.74) is 2.43. The summed E-state index contributed by atoms with van der Waals surface area (Å²) in [6.45, 7) is 4.53. The molecule has 1 saturated carbocycles. The van der Waals surface area contributed by atoms with E-state index >= 15 is 0 Å². The van der Waals surface area contributed by atoms with Gasteiger partial charge in [-0.15, -0.1) is 0 Å². The van der Waals surface area contributed by atoms with Crippen LogP contribution < -0.4 is 0 Å². The Balaban J connectivity index is 1.72. The molecule has 0 bridgehead atoms. The lowest BCUT2D eigenvalue weighted by molar-refractivity contribution is 0.183. The monoisotopic (exact) mass is 372 g/mol. The molecule has 0 heterocycles. The normalized spacial score (nSPS) is 26.9. The lowest BCUT2D eigenvalue weighted by Gasteiger charge is -2.39. The molecule has 0 heteroatoms. The molecule has 1 aromatic carbocycles. The van der Waals surface area contributed by atoms with Crippen LogP contribution >= 0.6 is 0 Å². The average molecular weight is 373 g/mol. The number of allylic oxidation sites excluding steroid dienone is 5. The van der Waals surface area contributed by atoms with Crippen molar-refractivity contribution in [2.24, 2.45) is 17.3 Å². The van der Waals surface area contributed by atoms with E-state index in [0.29, 0.717) is 5.92 Å². The highest BCUT2D eigenvalue weighted by Gasteiger charge is 2.37. The number of hydrogen-bond donors (Lipinski definition) is 0. The first-order chi connectivity index (χ1) is 13.8. The first kappa shape index (κ1) is 20.7. The van der Waals surface area contributed by atoms with Crippen molar-refractivity contribution in [3.05, 3.63) is 65.8 Å². The molecule has 1 aromatic rings. The van der Waals surface area contributed by atoms with E-state index in [2.05, 4.69) is 86.4 Å². The van der Waals surface area contributed by atoms with E-state index in [-0.39, 0.29) is 5.41 Å². The third-order valence-electron chi connectivity index (χ3n) is 6.48. The fourth-order valence-corrected chi connectivity index (χ4v) is 4.76. The van der Waals surface area contributed by atoms with Gasteiger partial charge in [-0.05, 0) is 55.2 Å². The summed E-state index contributed by atoms with van der Waals surface area (Å²) in [6.07, 6.45) is 25.2. The number of rotatable bonds is 6. The van der Waals surface area contributed by atoms with Crippen LogP contribution in [0.3, 0.4) is 0 Å². The van der Waals surface area contributed by atoms with E-state index in [0.717, 1.165) is 24.3 Å². The predicted octanol–water partition coefficient (Wildman–Crippen LogP) is 7.96. The molecule has 2 aliphatic rings. The van der Waals surface area contributed by atoms with Gasteiger partial charge in [0.25, 0.3) is 0 Å². The third kappa shape index (κ3) is 5.51. The summed E-state index contributed by atoms with van der Waals surface area (Å²) in [7, 11) is 0. The van der Waals surface area contributed by atoms with Crippen molar-refractivity contribution in [1.29, 1.82) is 0 Å². The number of hydrogen-bond acceptors (Lipinski definition) is 0. The van der Waals surface area contributed by atoms with Crippen molar-refractivity contribution in [3.63, 3.8) is 0 Å². The van der Waals surface area contributed by atoms with Gasteiger partial charge in [0, 0.05) is 5.56 Å². The maximum absolute atomic E-state index is 3.73. The molecule has 1 fully saturated rings. The number of unbranched alkanes of at least 4 members (excludes halogenated alkanes) is 1. The molecule has 0 radical (unpaired) electrons. The van der Waals surface area contributed by atoms with Crippen LogP contribution in [-0.4, -0.2) is 0 Å². The SMILES string of the molecule is CCCC=Cc1ccc(C#CC2(C3CCC(CCC)CC3)C=CC=CC2)cc1. The second-order valence-electron chi connectivity index (χ2n) is 8.60. The van der Waals surface area contributed by atoms with E-state index in [1.165, 1.54) is 50.5 Å². The van der Waals surface area contributed by atoms with E-state index in [4.69, 9.17) is 0 Å². The van der Waals surface area contributed by atoms with Crippen LogP contribution in [0.1, 0.15) is 82.8 Å². The molecule has 0 aromatic heterocycles. The fraction of sp³-hybridized carbons (Fsp3) is 0.500. The third-order valence-corrected chi connectivity index (χ3v) is 6.48. The Labute approximate surface area is 172 Å². The molecule has 0 aliphatic heterocycles. The van der Waals surface area contributed by atoms with Gasteiger partial charge < -0.3 is 0 Å². The van der Waals surface area contributed by atoms with Crippen molar-refractivity contribution in [1.82, 2.24) is 0 Å². The highest BCUT2D eigenvalue weighted by Crippen LogP contribution is 2.45. The molecule has 1 atom stereocenters. The van der Waals surface area contributed by atoms with Gasteiger partial charge in [0.1, 0.15) is 0 Å². The molecular weight excluding hydrogens is 336 g/mol. The lowest BCUT2D eigenvalue weighted by Crippen LogP contribution is -2.31. The van der Waals surface area contributed by atoms with Gasteiger partial charge >= 0.3 is 0 Å². The van der Waals surface area contributed by atoms with Gasteiger partial charge in [-0.25, -0.2) is 0 Å². The van der Waals surface area contributed by atoms with Crippen molar-refractivity contribution in [2.75, 3.05) is 0 Å². The van der Waals surface area contributed by atoms with E-state index in [1.54, 1.807) is 0 Å². The van der Waals surface area contributed by atoms with Crippen molar-refractivity contribution < 1.29 is 0 Å². The lowest BCUT2D eigenvalue weighted by atomic mass is 9.64. The molecule has 148 valence electrons. The van der Waals surface area contributed by atoms with Crippen LogP contribution in [0.4, 0.5) is 0 Å². The van der Waals surface area contributed by atoms with Crippen LogP contribution in [0.5, 0.6) is 0 Å². The van der Waals surface area contributed by atoms with Crippen LogP contribution in [0.15, 0.2) is 54.6 Å². The maximum Gasteiger partial charge on any atom is 0.0563 e. The molecule has 2 aliphatic carbocycles. The minimum Gasteiger partial charge on any atom is -0.0863 e. The van der Waals surface area contributed by atoms with Gasteiger partial charge in [-0.3, -0.25) is 0 Å². The smallest absolute Gasteiger partial charge is 0.0563 e. The van der Waals surface area contributed by atoms with Crippen molar-refractivity contribution in [2.45, 2.75) is 71.6 Å². The quantitative estimate of drug-likeness (QED) is 0.444. The number of benzene rings is 1. The molecule has 0 saturated heterocycles. The summed E-state index contributed by atoms with van der Waals surface area (Å²) in [6, 6.07) is 8.73. The topological polar surface area (TPSA) is 0 Å². The van der Waals surface area contributed by atoms with Gasteiger partial charge in [0.15, 0.2) is 0 Å². The second-order valence-corrected chi connectivity index (χ2v) is 8.60. The van der Waals surface area contributed by atoms with Gasteiger partial charge in [0.05, 0.1) is 5.41 Å². The van der Waals surface area contributed by atoms with Crippen molar-refractivity contribution >= 4 is 6.08 Å². The van der Waals surface area contributed by atoms with Crippen LogP contribution in [-0.2, 0) is 0 Å². The largest absolute Gasteiger partial charge is 0.0863 e. The van der Waals surface area contributed by atoms with E-state index in [1.807, 2.05) is 0 Å². The minimum atomic E-state index is 0.0334. The first-order valence-corrected chi connectivity index (χ1v) is 11.4. The van der Waals surface area contributed by atoms with E-state index < -0.39 is 0 Å². The van der Waals surface area contributed by atoms with Crippen LogP contribution in [0.2, 0.25) is 0 Å². The van der Waals surface area contributed by atoms with Crippen LogP contribution in [0, 0.1) is 29.1 Å². The summed E-state index contributed by atoms with van der Waals surface area (Å²) < 4.78 is 0. The molecular formula is C28H36. The highest BCUT2D eigenvalue weighted by molar-refractivity contribution is 5.51. The standard InChI is InChI=1S/C28H36/c1-3-5-7-11-25-12-14-26(15-13-25)20-23-28(21-8-6-9-22-28)27-18-16-24(10-4-2)17-19-27/h6-9,11-15,21,24,27H,3-5,10,16-19,22H2,1-2H3.